The molecule has 2 rings (SSSR count). The van der Waals surface area contributed by atoms with Crippen LogP contribution in [0.15, 0.2) is 23.3 Å². The third-order valence-corrected chi connectivity index (χ3v) is 5.00. The quantitative estimate of drug-likeness (QED) is 0.279. The Hall–Kier alpha value is -3.30. The van der Waals surface area contributed by atoms with Crippen LogP contribution < -0.4 is 0 Å². The van der Waals surface area contributed by atoms with Crippen molar-refractivity contribution in [1.29, 1.82) is 0 Å². The van der Waals surface area contributed by atoms with Gasteiger partial charge in [0.05, 0.1) is 13.2 Å². The first kappa shape index (κ1) is 24.0. The van der Waals surface area contributed by atoms with Crippen LogP contribution in [0.3, 0.4) is 0 Å². The molecule has 0 N–H and O–H groups in total. The van der Waals surface area contributed by atoms with Crippen LogP contribution in [0.4, 0.5) is 0 Å². The fourth-order valence-corrected chi connectivity index (χ4v) is 3.13. The maximum atomic E-state index is 12.1. The van der Waals surface area contributed by atoms with Gasteiger partial charge in [-0.2, -0.15) is 0 Å². The highest BCUT2D eigenvalue weighted by atomic mass is 16.5. The highest BCUT2D eigenvalue weighted by Crippen LogP contribution is 2.17. The van der Waals surface area contributed by atoms with E-state index >= 15 is 0 Å². The average Bonchev–Trinajstić information content (AvgIpc) is 3.12. The molecule has 0 saturated heterocycles. The fourth-order valence-electron chi connectivity index (χ4n) is 3.13. The standard InChI is InChI=1S/C21H26N2O8/c1-12-10-16(24)22(18(12)26)14(3)20(28)30-8-6-5-7-9-31-21(29)15(4)23-17(25)11-13(2)19(23)27/h10-11,14-15H,5-9H2,1-4H3. The van der Waals surface area contributed by atoms with E-state index < -0.39 is 47.7 Å². The molecule has 2 aliphatic heterocycles. The molecule has 4 amide bonds. The van der Waals surface area contributed by atoms with Crippen molar-refractivity contribution in [2.75, 3.05) is 13.2 Å². The third kappa shape index (κ3) is 5.44. The summed E-state index contributed by atoms with van der Waals surface area (Å²) >= 11 is 0. The lowest BCUT2D eigenvalue weighted by Gasteiger charge is -2.21. The number of carbonyl (C=O) groups excluding carboxylic acids is 6. The summed E-state index contributed by atoms with van der Waals surface area (Å²) in [5, 5.41) is 0. The molecule has 0 aromatic heterocycles. The van der Waals surface area contributed by atoms with Gasteiger partial charge in [0.1, 0.15) is 12.1 Å². The van der Waals surface area contributed by atoms with Gasteiger partial charge in [0.15, 0.2) is 0 Å². The number of esters is 2. The third-order valence-electron chi connectivity index (χ3n) is 5.00. The van der Waals surface area contributed by atoms with Crippen LogP contribution in [0, 0.1) is 0 Å². The van der Waals surface area contributed by atoms with Crippen molar-refractivity contribution in [2.45, 2.75) is 59.0 Å². The topological polar surface area (TPSA) is 127 Å². The van der Waals surface area contributed by atoms with Crippen LogP contribution in [0.1, 0.15) is 47.0 Å². The van der Waals surface area contributed by atoms with Gasteiger partial charge in [-0.15, -0.1) is 0 Å². The van der Waals surface area contributed by atoms with Gasteiger partial charge in [0, 0.05) is 23.3 Å². The molecule has 2 heterocycles. The Balaban J connectivity index is 1.61. The number of nitrogens with zero attached hydrogens (tertiary/aromatic N) is 2. The monoisotopic (exact) mass is 434 g/mol. The van der Waals surface area contributed by atoms with Crippen molar-refractivity contribution in [3.05, 3.63) is 23.3 Å². The van der Waals surface area contributed by atoms with Gasteiger partial charge in [0.2, 0.25) is 0 Å². The van der Waals surface area contributed by atoms with Crippen LogP contribution in [0.5, 0.6) is 0 Å². The molecule has 10 heteroatoms. The fraction of sp³-hybridized carbons (Fsp3) is 0.524. The van der Waals surface area contributed by atoms with Crippen molar-refractivity contribution in [3.8, 4) is 0 Å². The number of hydrogen-bond acceptors (Lipinski definition) is 8. The molecule has 0 radical (unpaired) electrons. The Morgan fingerprint density at radius 1 is 0.742 bits per heavy atom. The number of ether oxygens (including phenoxy) is 2. The van der Waals surface area contributed by atoms with E-state index in [1.165, 1.54) is 39.8 Å². The van der Waals surface area contributed by atoms with E-state index in [1.54, 1.807) is 0 Å². The molecule has 2 aliphatic rings. The summed E-state index contributed by atoms with van der Waals surface area (Å²) in [6, 6.07) is -2.02. The summed E-state index contributed by atoms with van der Waals surface area (Å²) in [5.74, 6) is -3.43. The lowest BCUT2D eigenvalue weighted by atomic mass is 10.2. The van der Waals surface area contributed by atoms with Gasteiger partial charge in [-0.25, -0.2) is 9.59 Å². The molecule has 10 nitrogen and oxygen atoms in total. The van der Waals surface area contributed by atoms with Gasteiger partial charge in [0.25, 0.3) is 23.6 Å². The van der Waals surface area contributed by atoms with Crippen LogP contribution in [0.2, 0.25) is 0 Å². The van der Waals surface area contributed by atoms with Crippen LogP contribution in [-0.2, 0) is 38.2 Å². The average molecular weight is 434 g/mol. The lowest BCUT2D eigenvalue weighted by Crippen LogP contribution is -2.44. The first-order chi connectivity index (χ1) is 14.6. The zero-order chi connectivity index (χ0) is 23.3. The predicted octanol–water partition coefficient (Wildman–Crippen LogP) is 0.650. The highest BCUT2D eigenvalue weighted by molar-refractivity contribution is 6.18. The Bertz CT molecular complexity index is 803. The maximum Gasteiger partial charge on any atom is 0.329 e. The van der Waals surface area contributed by atoms with E-state index in [-0.39, 0.29) is 24.4 Å². The molecule has 0 fully saturated rings. The lowest BCUT2D eigenvalue weighted by molar-refractivity contribution is -0.157. The van der Waals surface area contributed by atoms with E-state index in [0.29, 0.717) is 19.3 Å². The van der Waals surface area contributed by atoms with Crippen LogP contribution >= 0.6 is 0 Å². The number of rotatable bonds is 10. The summed E-state index contributed by atoms with van der Waals surface area (Å²) in [6.07, 6.45) is 3.95. The number of unbranched alkanes of at least 4 members (excludes halogenated alkanes) is 2. The van der Waals surface area contributed by atoms with Crippen molar-refractivity contribution in [1.82, 2.24) is 9.80 Å². The smallest absolute Gasteiger partial charge is 0.329 e. The van der Waals surface area contributed by atoms with Crippen LogP contribution in [-0.4, -0.2) is 70.7 Å². The second-order valence-electron chi connectivity index (χ2n) is 7.43. The van der Waals surface area contributed by atoms with Crippen molar-refractivity contribution in [3.63, 3.8) is 0 Å². The van der Waals surface area contributed by atoms with E-state index in [0.717, 1.165) is 9.80 Å². The highest BCUT2D eigenvalue weighted by Gasteiger charge is 2.37. The van der Waals surface area contributed by atoms with Crippen molar-refractivity contribution < 1.29 is 38.2 Å². The summed E-state index contributed by atoms with van der Waals surface area (Å²) < 4.78 is 10.2. The molecule has 0 aromatic carbocycles. The number of carbonyl (C=O) groups is 6. The summed E-state index contributed by atoms with van der Waals surface area (Å²) in [5.41, 5.74) is 0.553. The molecule has 0 saturated carbocycles. The Morgan fingerprint density at radius 2 is 1.10 bits per heavy atom. The Morgan fingerprint density at radius 3 is 1.39 bits per heavy atom. The zero-order valence-corrected chi connectivity index (χ0v) is 18.0. The van der Waals surface area contributed by atoms with Gasteiger partial charge < -0.3 is 9.47 Å². The molecule has 0 aliphatic carbocycles. The molecule has 168 valence electrons. The van der Waals surface area contributed by atoms with E-state index in [4.69, 9.17) is 9.47 Å². The van der Waals surface area contributed by atoms with Crippen molar-refractivity contribution >= 4 is 35.6 Å². The minimum absolute atomic E-state index is 0.0951. The first-order valence-electron chi connectivity index (χ1n) is 10.0. The molecule has 2 atom stereocenters. The van der Waals surface area contributed by atoms with Gasteiger partial charge in [-0.3, -0.25) is 29.0 Å². The van der Waals surface area contributed by atoms with Crippen LogP contribution in [0.25, 0.3) is 0 Å². The molecule has 2 unspecified atom stereocenters. The number of hydrogen-bond donors (Lipinski definition) is 0. The molecule has 31 heavy (non-hydrogen) atoms. The van der Waals surface area contributed by atoms with Gasteiger partial charge in [-0.05, 0) is 47.0 Å². The SMILES string of the molecule is CC1=CC(=O)N(C(C)C(=O)OCCCCCOC(=O)C(C)N2C(=O)C=C(C)C2=O)C1=O. The molecule has 0 bridgehead atoms. The minimum Gasteiger partial charge on any atom is -0.464 e. The van der Waals surface area contributed by atoms with Crippen molar-refractivity contribution in [2.24, 2.45) is 0 Å². The first-order valence-corrected chi connectivity index (χ1v) is 10.0. The minimum atomic E-state index is -1.01. The summed E-state index contributed by atoms with van der Waals surface area (Å²) in [6.45, 7) is 6.06. The zero-order valence-electron chi connectivity index (χ0n) is 18.0. The molecule has 0 aromatic rings. The summed E-state index contributed by atoms with van der Waals surface area (Å²) in [4.78, 5) is 73.2. The second kappa shape index (κ2) is 10.1. The maximum absolute atomic E-state index is 12.1. The summed E-state index contributed by atoms with van der Waals surface area (Å²) in [7, 11) is 0. The van der Waals surface area contributed by atoms with E-state index in [1.807, 2.05) is 0 Å². The Kier molecular flexibility index (Phi) is 7.84. The predicted molar refractivity (Wildman–Crippen MR) is 106 cm³/mol. The van der Waals surface area contributed by atoms with E-state index in [9.17, 15) is 28.8 Å². The second-order valence-corrected chi connectivity index (χ2v) is 7.43. The van der Waals surface area contributed by atoms with E-state index in [2.05, 4.69) is 0 Å². The molecule has 0 spiro atoms. The number of amides is 4. The molecular weight excluding hydrogens is 408 g/mol. The molecular formula is C21H26N2O8. The van der Waals surface area contributed by atoms with Gasteiger partial charge in [-0.1, -0.05) is 0 Å². The normalized spacial score (nSPS) is 18.2. The largest absolute Gasteiger partial charge is 0.464 e. The van der Waals surface area contributed by atoms with Gasteiger partial charge >= 0.3 is 11.9 Å². The number of imide groups is 2. The Labute approximate surface area is 179 Å².